The highest BCUT2D eigenvalue weighted by molar-refractivity contribution is 5.92. The minimum Gasteiger partial charge on any atom is -0.310 e. The minimum absolute atomic E-state index is 0.0307. The van der Waals surface area contributed by atoms with E-state index in [0.717, 1.165) is 17.1 Å². The zero-order valence-electron chi connectivity index (χ0n) is 41.7. The number of hydrogen-bond acceptors (Lipinski definition) is 1. The fourth-order valence-electron chi connectivity index (χ4n) is 11.8. The Hall–Kier alpha value is -7.22. The molecule has 9 aromatic carbocycles. The molecule has 0 aromatic heterocycles. The van der Waals surface area contributed by atoms with Gasteiger partial charge in [0, 0.05) is 17.1 Å². The van der Waals surface area contributed by atoms with Gasteiger partial charge in [0.05, 0.1) is 10.8 Å². The van der Waals surface area contributed by atoms with Gasteiger partial charge in [-0.1, -0.05) is 244 Å². The first-order chi connectivity index (χ1) is 33.1. The summed E-state index contributed by atoms with van der Waals surface area (Å²) in [4.78, 5) is 2.48. The summed E-state index contributed by atoms with van der Waals surface area (Å²) < 4.78 is 0. The van der Waals surface area contributed by atoms with Gasteiger partial charge in [0.25, 0.3) is 0 Å². The van der Waals surface area contributed by atoms with Crippen molar-refractivity contribution in [3.05, 3.63) is 280 Å². The summed E-state index contributed by atoms with van der Waals surface area (Å²) in [5, 5.41) is 0. The molecule has 340 valence electrons. The summed E-state index contributed by atoms with van der Waals surface area (Å²) in [5.74, 6) is 0. The van der Waals surface area contributed by atoms with Crippen molar-refractivity contribution >= 4 is 17.1 Å². The van der Waals surface area contributed by atoms with E-state index in [2.05, 4.69) is 286 Å². The zero-order valence-corrected chi connectivity index (χ0v) is 41.7. The van der Waals surface area contributed by atoms with Gasteiger partial charge in [-0.05, 0) is 136 Å². The first kappa shape index (κ1) is 44.3. The molecule has 0 saturated carbocycles. The smallest absolute Gasteiger partial charge is 0.0714 e. The lowest BCUT2D eigenvalue weighted by atomic mass is 9.67. The number of fused-ring (bicyclic) bond motifs is 6. The quantitative estimate of drug-likeness (QED) is 0.154. The number of rotatable bonds is 7. The molecule has 2 aliphatic rings. The molecule has 9 aromatic rings. The summed E-state index contributed by atoms with van der Waals surface area (Å²) in [6, 6.07) is 83.3. The summed E-state index contributed by atoms with van der Waals surface area (Å²) in [7, 11) is 0. The van der Waals surface area contributed by atoms with E-state index in [4.69, 9.17) is 0 Å². The van der Waals surface area contributed by atoms with Crippen LogP contribution >= 0.6 is 0 Å². The first-order valence-electron chi connectivity index (χ1n) is 24.8. The largest absolute Gasteiger partial charge is 0.310 e. The molecule has 1 nitrogen and oxygen atoms in total. The van der Waals surface area contributed by atoms with Crippen molar-refractivity contribution in [3.63, 3.8) is 0 Å². The van der Waals surface area contributed by atoms with Gasteiger partial charge in [0.15, 0.2) is 0 Å². The molecule has 1 heteroatoms. The highest BCUT2D eigenvalue weighted by Crippen LogP contribution is 2.60. The molecule has 0 fully saturated rings. The number of hydrogen-bond donors (Lipinski definition) is 0. The maximum atomic E-state index is 2.50. The zero-order chi connectivity index (χ0) is 47.9. The van der Waals surface area contributed by atoms with Crippen molar-refractivity contribution in [1.29, 1.82) is 0 Å². The molecule has 69 heavy (non-hydrogen) atoms. The molecule has 2 aliphatic carbocycles. The second-order valence-corrected chi connectivity index (χ2v) is 22.6. The van der Waals surface area contributed by atoms with Crippen LogP contribution in [-0.4, -0.2) is 0 Å². The Kier molecular flexibility index (Phi) is 10.4. The average Bonchev–Trinajstić information content (AvgIpc) is 3.82. The fourth-order valence-corrected chi connectivity index (χ4v) is 11.8. The third-order valence-electron chi connectivity index (χ3n) is 15.3. The Bertz CT molecular complexity index is 3280. The number of benzene rings is 9. The van der Waals surface area contributed by atoms with E-state index in [1.807, 2.05) is 0 Å². The van der Waals surface area contributed by atoms with Crippen LogP contribution in [0.4, 0.5) is 17.1 Å². The van der Waals surface area contributed by atoms with Crippen molar-refractivity contribution in [1.82, 2.24) is 0 Å². The van der Waals surface area contributed by atoms with Gasteiger partial charge in [0.1, 0.15) is 0 Å². The summed E-state index contributed by atoms with van der Waals surface area (Å²) in [5.41, 5.74) is 21.8. The van der Waals surface area contributed by atoms with E-state index in [1.165, 1.54) is 83.5 Å². The predicted molar refractivity (Wildman–Crippen MR) is 292 cm³/mol. The van der Waals surface area contributed by atoms with Crippen LogP contribution in [0.1, 0.15) is 124 Å². The molecule has 0 bridgehead atoms. The molecular formula is C68H63N. The van der Waals surface area contributed by atoms with E-state index in [9.17, 15) is 0 Å². The lowest BCUT2D eigenvalue weighted by Gasteiger charge is -2.36. The van der Waals surface area contributed by atoms with Crippen molar-refractivity contribution in [2.45, 2.75) is 89.4 Å². The normalized spacial score (nSPS) is 15.8. The van der Waals surface area contributed by atoms with Crippen molar-refractivity contribution in [2.75, 3.05) is 4.90 Å². The van der Waals surface area contributed by atoms with Gasteiger partial charge in [-0.15, -0.1) is 0 Å². The van der Waals surface area contributed by atoms with Crippen LogP contribution in [0, 0.1) is 0 Å². The monoisotopic (exact) mass is 893 g/mol. The molecule has 0 spiro atoms. The first-order valence-corrected chi connectivity index (χ1v) is 24.8. The van der Waals surface area contributed by atoms with Gasteiger partial charge in [-0.3, -0.25) is 0 Å². The SMILES string of the molecule is CC(C)(C)c1ccc(C2(c3ccccc3)c3ccccc3-c3cc(N(c4ccccc4)c4ccc5c(c4)C(c4ccc(C(C)(C)C)cc4)(c4ccc(C(C)(C)C)cc4)c4ccccc4-5)ccc32)cc1. The van der Waals surface area contributed by atoms with Crippen molar-refractivity contribution < 1.29 is 0 Å². The maximum absolute atomic E-state index is 2.50. The second-order valence-electron chi connectivity index (χ2n) is 22.6. The average molecular weight is 894 g/mol. The third-order valence-corrected chi connectivity index (χ3v) is 15.3. The Morgan fingerprint density at radius 1 is 0.261 bits per heavy atom. The van der Waals surface area contributed by atoms with Gasteiger partial charge in [-0.2, -0.15) is 0 Å². The highest BCUT2D eigenvalue weighted by Gasteiger charge is 2.48. The fraction of sp³-hybridized carbons (Fsp3) is 0.206. The molecule has 1 atom stereocenters. The Morgan fingerprint density at radius 3 is 1.09 bits per heavy atom. The van der Waals surface area contributed by atoms with Gasteiger partial charge >= 0.3 is 0 Å². The van der Waals surface area contributed by atoms with Gasteiger partial charge in [0.2, 0.25) is 0 Å². The van der Waals surface area contributed by atoms with Crippen LogP contribution in [0.5, 0.6) is 0 Å². The minimum atomic E-state index is -0.564. The van der Waals surface area contributed by atoms with Crippen LogP contribution < -0.4 is 4.90 Å². The van der Waals surface area contributed by atoms with Crippen LogP contribution in [-0.2, 0) is 27.1 Å². The van der Waals surface area contributed by atoms with E-state index >= 15 is 0 Å². The van der Waals surface area contributed by atoms with Crippen LogP contribution in [0.2, 0.25) is 0 Å². The molecule has 0 saturated heterocycles. The maximum Gasteiger partial charge on any atom is 0.0714 e. The van der Waals surface area contributed by atoms with Gasteiger partial charge in [-0.25, -0.2) is 0 Å². The Labute approximate surface area is 411 Å². The molecule has 0 heterocycles. The van der Waals surface area contributed by atoms with Crippen LogP contribution in [0.15, 0.2) is 218 Å². The lowest BCUT2D eigenvalue weighted by Crippen LogP contribution is -2.29. The molecular weight excluding hydrogens is 831 g/mol. The highest BCUT2D eigenvalue weighted by atomic mass is 15.1. The second kappa shape index (κ2) is 16.2. The number of anilines is 3. The van der Waals surface area contributed by atoms with Crippen LogP contribution in [0.3, 0.4) is 0 Å². The topological polar surface area (TPSA) is 3.24 Å². The molecule has 0 aliphatic heterocycles. The number of nitrogens with zero attached hydrogens (tertiary/aromatic N) is 1. The third kappa shape index (κ3) is 7.03. The molecule has 11 rings (SSSR count). The standard InChI is InChI=1S/C68H63N/c1-64(2,3)46-28-34-50(35-29-46)67(49-20-12-10-13-21-49)61-27-19-17-25-57(61)59-44-54(41-43-62(59)67)69(53-22-14-11-15-23-53)55-40-42-58-56-24-16-18-26-60(56)68(63(58)45-55,51-36-30-47(31-37-51)65(4,5)6)52-38-32-48(33-39-52)66(7,8)9/h10-45H,1-9H3. The Balaban J connectivity index is 1.15. The lowest BCUT2D eigenvalue weighted by molar-refractivity contribution is 0.588. The van der Waals surface area contributed by atoms with E-state index in [1.54, 1.807) is 0 Å². The van der Waals surface area contributed by atoms with Gasteiger partial charge < -0.3 is 4.90 Å². The van der Waals surface area contributed by atoms with E-state index in [0.29, 0.717) is 0 Å². The van der Waals surface area contributed by atoms with E-state index < -0.39 is 10.8 Å². The molecule has 0 radical (unpaired) electrons. The van der Waals surface area contributed by atoms with Crippen molar-refractivity contribution in [2.24, 2.45) is 0 Å². The molecule has 0 amide bonds. The van der Waals surface area contributed by atoms with Crippen molar-refractivity contribution in [3.8, 4) is 22.3 Å². The number of para-hydroxylation sites is 1. The van der Waals surface area contributed by atoms with E-state index in [-0.39, 0.29) is 16.2 Å². The summed E-state index contributed by atoms with van der Waals surface area (Å²) in [6.45, 7) is 20.7. The summed E-state index contributed by atoms with van der Waals surface area (Å²) >= 11 is 0. The predicted octanol–water partition coefficient (Wildman–Crippen LogP) is 17.8. The summed E-state index contributed by atoms with van der Waals surface area (Å²) in [6.07, 6.45) is 0. The van der Waals surface area contributed by atoms with Crippen LogP contribution in [0.25, 0.3) is 22.3 Å². The Morgan fingerprint density at radius 2 is 0.609 bits per heavy atom. The molecule has 0 N–H and O–H groups in total. The molecule has 1 unspecified atom stereocenters.